The molecule has 8 nitrogen and oxygen atoms in total. The molecule has 0 aliphatic carbocycles. The summed E-state index contributed by atoms with van der Waals surface area (Å²) >= 11 is 5.97. The van der Waals surface area contributed by atoms with Gasteiger partial charge in [-0.3, -0.25) is 4.79 Å². The van der Waals surface area contributed by atoms with Crippen molar-refractivity contribution < 1.29 is 33.4 Å². The second kappa shape index (κ2) is 8.32. The molecule has 150 valence electrons. The van der Waals surface area contributed by atoms with E-state index in [0.29, 0.717) is 16.1 Å². The summed E-state index contributed by atoms with van der Waals surface area (Å²) in [6.45, 7) is 0. The molecule has 2 aromatic rings. The minimum Gasteiger partial charge on any atom is -0.465 e. The molecule has 29 heavy (non-hydrogen) atoms. The minimum absolute atomic E-state index is 0.0256. The number of fused-ring (bicyclic) bond motifs is 1. The number of halogens is 1. The number of benzene rings is 2. The number of rotatable bonds is 4. The van der Waals surface area contributed by atoms with Crippen molar-refractivity contribution in [2.45, 2.75) is 12.5 Å². The third-order valence-corrected chi connectivity index (χ3v) is 4.57. The van der Waals surface area contributed by atoms with Crippen molar-refractivity contribution in [2.24, 2.45) is 0 Å². The second-order valence-electron chi connectivity index (χ2n) is 6.13. The van der Waals surface area contributed by atoms with Gasteiger partial charge in [0.25, 0.3) is 5.91 Å². The summed E-state index contributed by atoms with van der Waals surface area (Å²) in [5, 5.41) is 2.95. The summed E-state index contributed by atoms with van der Waals surface area (Å²) in [4.78, 5) is 48.7. The third kappa shape index (κ3) is 4.22. The first-order chi connectivity index (χ1) is 13.8. The number of nitrogens with one attached hydrogen (secondary N) is 1. The maximum absolute atomic E-state index is 12.7. The van der Waals surface area contributed by atoms with Crippen LogP contribution in [0.1, 0.15) is 36.6 Å². The molecule has 1 aliphatic rings. The van der Waals surface area contributed by atoms with Crippen molar-refractivity contribution >= 4 is 41.1 Å². The van der Waals surface area contributed by atoms with Gasteiger partial charge in [-0.1, -0.05) is 11.6 Å². The standard InChI is InChI=1S/C20H16ClNO7/c1-27-18(24)10-3-5-14(19(25)28-2)15(8-10)22-17(23)16-9-11-7-12(21)4-6-13(11)20(26)29-16/h3-8,16H,9H2,1-2H3,(H,22,23). The highest BCUT2D eigenvalue weighted by atomic mass is 35.5. The molecular weight excluding hydrogens is 402 g/mol. The van der Waals surface area contributed by atoms with Crippen LogP contribution in [0.3, 0.4) is 0 Å². The molecule has 1 heterocycles. The number of carbonyl (C=O) groups excluding carboxylic acids is 4. The number of hydrogen-bond donors (Lipinski definition) is 1. The number of amides is 1. The smallest absolute Gasteiger partial charge is 0.339 e. The Bertz CT molecular complexity index is 1020. The molecule has 0 saturated carbocycles. The number of carbonyl (C=O) groups is 4. The molecular formula is C20H16ClNO7. The van der Waals surface area contributed by atoms with Gasteiger partial charge in [-0.2, -0.15) is 0 Å². The fourth-order valence-corrected chi connectivity index (χ4v) is 3.10. The Morgan fingerprint density at radius 3 is 2.48 bits per heavy atom. The fraction of sp³-hybridized carbons (Fsp3) is 0.200. The van der Waals surface area contributed by atoms with E-state index in [1.165, 1.54) is 38.5 Å². The van der Waals surface area contributed by atoms with Crippen molar-refractivity contribution in [3.63, 3.8) is 0 Å². The zero-order valence-corrected chi connectivity index (χ0v) is 16.2. The lowest BCUT2D eigenvalue weighted by Gasteiger charge is -2.24. The fourth-order valence-electron chi connectivity index (χ4n) is 2.90. The summed E-state index contributed by atoms with van der Waals surface area (Å²) in [7, 11) is 2.39. The van der Waals surface area contributed by atoms with E-state index < -0.39 is 29.9 Å². The average molecular weight is 418 g/mol. The van der Waals surface area contributed by atoms with Gasteiger partial charge >= 0.3 is 17.9 Å². The van der Waals surface area contributed by atoms with Crippen LogP contribution >= 0.6 is 11.6 Å². The Labute approximate surface area is 170 Å². The first-order valence-corrected chi connectivity index (χ1v) is 8.82. The Hall–Kier alpha value is -3.39. The Morgan fingerprint density at radius 1 is 1.07 bits per heavy atom. The van der Waals surface area contributed by atoms with Crippen LogP contribution in [-0.2, 0) is 25.4 Å². The SMILES string of the molecule is COC(=O)c1ccc(C(=O)OC)c(NC(=O)C2Cc3cc(Cl)ccc3C(=O)O2)c1. The molecule has 0 saturated heterocycles. The third-order valence-electron chi connectivity index (χ3n) is 4.34. The minimum atomic E-state index is -1.14. The highest BCUT2D eigenvalue weighted by Gasteiger charge is 2.32. The Morgan fingerprint density at radius 2 is 1.79 bits per heavy atom. The monoisotopic (exact) mass is 417 g/mol. The van der Waals surface area contributed by atoms with Gasteiger partial charge in [0.1, 0.15) is 0 Å². The molecule has 2 aromatic carbocycles. The van der Waals surface area contributed by atoms with E-state index in [0.717, 1.165) is 0 Å². The summed E-state index contributed by atoms with van der Waals surface area (Å²) < 4.78 is 14.6. The van der Waals surface area contributed by atoms with Gasteiger partial charge in [-0.25, -0.2) is 14.4 Å². The summed E-state index contributed by atoms with van der Waals surface area (Å²) in [5.74, 6) is -2.69. The number of hydrogen-bond acceptors (Lipinski definition) is 7. The number of ether oxygens (including phenoxy) is 3. The maximum atomic E-state index is 12.7. The normalized spacial score (nSPS) is 15.0. The quantitative estimate of drug-likeness (QED) is 0.601. The molecule has 0 spiro atoms. The highest BCUT2D eigenvalue weighted by Crippen LogP contribution is 2.26. The van der Waals surface area contributed by atoms with E-state index in [1.54, 1.807) is 12.1 Å². The van der Waals surface area contributed by atoms with Crippen molar-refractivity contribution in [2.75, 3.05) is 19.5 Å². The Kier molecular flexibility index (Phi) is 5.84. The van der Waals surface area contributed by atoms with Crippen LogP contribution in [0, 0.1) is 0 Å². The average Bonchev–Trinajstić information content (AvgIpc) is 2.72. The van der Waals surface area contributed by atoms with Gasteiger partial charge in [0, 0.05) is 11.4 Å². The zero-order valence-electron chi connectivity index (χ0n) is 15.5. The van der Waals surface area contributed by atoms with Gasteiger partial charge in [-0.05, 0) is 42.0 Å². The summed E-state index contributed by atoms with van der Waals surface area (Å²) in [6.07, 6.45) is -1.03. The molecule has 0 bridgehead atoms. The number of esters is 3. The molecule has 1 unspecified atom stereocenters. The first-order valence-electron chi connectivity index (χ1n) is 8.45. The molecule has 1 atom stereocenters. The first kappa shape index (κ1) is 20.3. The molecule has 0 aromatic heterocycles. The van der Waals surface area contributed by atoms with E-state index in [-0.39, 0.29) is 23.2 Å². The molecule has 9 heteroatoms. The molecule has 1 N–H and O–H groups in total. The van der Waals surface area contributed by atoms with Crippen LogP contribution in [0.2, 0.25) is 5.02 Å². The lowest BCUT2D eigenvalue weighted by molar-refractivity contribution is -0.125. The lowest BCUT2D eigenvalue weighted by Crippen LogP contribution is -2.38. The highest BCUT2D eigenvalue weighted by molar-refractivity contribution is 6.30. The molecule has 0 fully saturated rings. The van der Waals surface area contributed by atoms with E-state index >= 15 is 0 Å². The number of methoxy groups -OCH3 is 2. The van der Waals surface area contributed by atoms with Gasteiger partial charge in [0.15, 0.2) is 6.10 Å². The lowest BCUT2D eigenvalue weighted by atomic mass is 9.98. The number of anilines is 1. The van der Waals surface area contributed by atoms with E-state index in [2.05, 4.69) is 10.1 Å². The number of cyclic esters (lactones) is 1. The van der Waals surface area contributed by atoms with Gasteiger partial charge in [-0.15, -0.1) is 0 Å². The van der Waals surface area contributed by atoms with Crippen molar-refractivity contribution in [3.05, 3.63) is 63.7 Å². The van der Waals surface area contributed by atoms with Gasteiger partial charge in [0.2, 0.25) is 0 Å². The van der Waals surface area contributed by atoms with E-state index in [9.17, 15) is 19.2 Å². The predicted molar refractivity (Wildman–Crippen MR) is 102 cm³/mol. The van der Waals surface area contributed by atoms with Crippen LogP contribution in [0.4, 0.5) is 5.69 Å². The van der Waals surface area contributed by atoms with E-state index in [4.69, 9.17) is 21.1 Å². The molecule has 3 rings (SSSR count). The molecule has 0 radical (unpaired) electrons. The van der Waals surface area contributed by atoms with Crippen molar-refractivity contribution in [1.29, 1.82) is 0 Å². The largest absolute Gasteiger partial charge is 0.465 e. The van der Waals surface area contributed by atoms with Gasteiger partial charge in [0.05, 0.1) is 36.6 Å². The topological polar surface area (TPSA) is 108 Å². The van der Waals surface area contributed by atoms with Crippen LogP contribution in [0.5, 0.6) is 0 Å². The predicted octanol–water partition coefficient (Wildman–Crippen LogP) is 2.63. The van der Waals surface area contributed by atoms with Crippen LogP contribution in [-0.4, -0.2) is 44.1 Å². The molecule has 1 amide bonds. The van der Waals surface area contributed by atoms with Crippen LogP contribution in [0.15, 0.2) is 36.4 Å². The second-order valence-corrected chi connectivity index (χ2v) is 6.57. The zero-order chi connectivity index (χ0) is 21.1. The van der Waals surface area contributed by atoms with Gasteiger partial charge < -0.3 is 19.5 Å². The Balaban J connectivity index is 1.89. The van der Waals surface area contributed by atoms with Crippen LogP contribution in [0.25, 0.3) is 0 Å². The maximum Gasteiger partial charge on any atom is 0.339 e. The van der Waals surface area contributed by atoms with Crippen molar-refractivity contribution in [3.8, 4) is 0 Å². The van der Waals surface area contributed by atoms with Crippen molar-refractivity contribution in [1.82, 2.24) is 0 Å². The summed E-state index contributed by atoms with van der Waals surface area (Å²) in [6, 6.07) is 8.66. The van der Waals surface area contributed by atoms with E-state index in [1.807, 2.05) is 0 Å². The summed E-state index contributed by atoms with van der Waals surface area (Å²) in [5.41, 5.74) is 1.08. The molecule has 1 aliphatic heterocycles. The van der Waals surface area contributed by atoms with Crippen LogP contribution < -0.4 is 5.32 Å².